The summed E-state index contributed by atoms with van der Waals surface area (Å²) in [6.07, 6.45) is 1.54. The number of aromatic nitrogens is 3. The molecule has 9 heteroatoms. The summed E-state index contributed by atoms with van der Waals surface area (Å²) in [5, 5.41) is 2.49. The maximum absolute atomic E-state index is 13.8. The summed E-state index contributed by atoms with van der Waals surface area (Å²) >= 11 is 0. The van der Waals surface area contributed by atoms with Gasteiger partial charge in [0, 0.05) is 19.3 Å². The lowest BCUT2D eigenvalue weighted by molar-refractivity contribution is 0.0947. The molecule has 2 aromatic carbocycles. The van der Waals surface area contributed by atoms with Gasteiger partial charge < -0.3 is 5.32 Å². The van der Waals surface area contributed by atoms with Gasteiger partial charge in [-0.05, 0) is 48.0 Å². The largest absolute Gasteiger partial charge is 0.350 e. The normalized spacial score (nSPS) is 11.1. The van der Waals surface area contributed by atoms with Crippen LogP contribution in [0.1, 0.15) is 15.9 Å². The monoisotopic (exact) mass is 426 g/mol. The van der Waals surface area contributed by atoms with Crippen molar-refractivity contribution >= 4 is 17.1 Å². The molecule has 0 unspecified atom stereocenters. The first-order chi connectivity index (χ1) is 14.9. The third-order valence-corrected chi connectivity index (χ3v) is 4.82. The van der Waals surface area contributed by atoms with Gasteiger partial charge in [-0.15, -0.1) is 0 Å². The van der Waals surface area contributed by atoms with E-state index in [2.05, 4.69) is 10.3 Å². The van der Waals surface area contributed by atoms with Gasteiger partial charge in [-0.3, -0.25) is 13.9 Å². The third-order valence-electron chi connectivity index (χ3n) is 4.82. The van der Waals surface area contributed by atoms with E-state index in [4.69, 9.17) is 0 Å². The van der Waals surface area contributed by atoms with E-state index in [0.717, 1.165) is 23.8 Å². The Bertz CT molecular complexity index is 1310. The highest BCUT2D eigenvalue weighted by molar-refractivity contribution is 5.94. The van der Waals surface area contributed by atoms with Crippen molar-refractivity contribution in [1.29, 1.82) is 0 Å². The van der Waals surface area contributed by atoms with Gasteiger partial charge >= 0.3 is 5.69 Å². The van der Waals surface area contributed by atoms with E-state index in [1.54, 1.807) is 30.5 Å². The number of hydrogen-bond acceptors (Lipinski definition) is 3. The van der Waals surface area contributed by atoms with Crippen LogP contribution in [0.5, 0.6) is 0 Å². The summed E-state index contributed by atoms with van der Waals surface area (Å²) in [6, 6.07) is 11.9. The standard InChI is InChI=1S/C22H17F3N4O2/c23-15-5-3-14(4-6-15)13-29-19-2-1-9-26-20(19)28(22(29)31)11-10-27-21(30)17-12-16(24)7-8-18(17)25/h1-9,12H,10-11,13H2,(H,27,30). The number of pyridine rings is 1. The number of halogens is 3. The van der Waals surface area contributed by atoms with E-state index < -0.39 is 23.1 Å². The fourth-order valence-corrected chi connectivity index (χ4v) is 3.32. The molecule has 6 nitrogen and oxygen atoms in total. The van der Waals surface area contributed by atoms with Crippen LogP contribution in [0, 0.1) is 17.5 Å². The number of nitrogens with one attached hydrogen (secondary N) is 1. The van der Waals surface area contributed by atoms with Crippen LogP contribution in [0.3, 0.4) is 0 Å². The van der Waals surface area contributed by atoms with Crippen LogP contribution in [-0.2, 0) is 13.1 Å². The Labute approximate surface area is 174 Å². The molecule has 4 rings (SSSR count). The van der Waals surface area contributed by atoms with Gasteiger partial charge in [-0.1, -0.05) is 12.1 Å². The molecule has 4 aromatic rings. The molecular weight excluding hydrogens is 409 g/mol. The topological polar surface area (TPSA) is 68.9 Å². The molecule has 158 valence electrons. The van der Waals surface area contributed by atoms with E-state index in [0.29, 0.717) is 11.2 Å². The maximum Gasteiger partial charge on any atom is 0.330 e. The van der Waals surface area contributed by atoms with Crippen molar-refractivity contribution in [2.45, 2.75) is 13.1 Å². The minimum absolute atomic E-state index is 0.000922. The van der Waals surface area contributed by atoms with E-state index in [1.165, 1.54) is 21.3 Å². The Kier molecular flexibility index (Phi) is 5.57. The first-order valence-electron chi connectivity index (χ1n) is 9.46. The predicted molar refractivity (Wildman–Crippen MR) is 108 cm³/mol. The Morgan fingerprint density at radius 1 is 0.968 bits per heavy atom. The summed E-state index contributed by atoms with van der Waals surface area (Å²) in [7, 11) is 0. The average Bonchev–Trinajstić information content (AvgIpc) is 3.03. The van der Waals surface area contributed by atoms with Crippen molar-refractivity contribution < 1.29 is 18.0 Å². The van der Waals surface area contributed by atoms with Gasteiger partial charge in [-0.2, -0.15) is 0 Å². The second-order valence-corrected chi connectivity index (χ2v) is 6.87. The van der Waals surface area contributed by atoms with Gasteiger partial charge in [-0.25, -0.2) is 22.9 Å². The SMILES string of the molecule is O=C(NCCn1c(=O)n(Cc2ccc(F)cc2)c2cccnc21)c1cc(F)ccc1F. The molecule has 0 atom stereocenters. The molecule has 0 aliphatic carbocycles. The van der Waals surface area contributed by atoms with Crippen molar-refractivity contribution in [1.82, 2.24) is 19.4 Å². The number of imidazole rings is 1. The number of nitrogens with zero attached hydrogens (tertiary/aromatic N) is 3. The number of fused-ring (bicyclic) bond motifs is 1. The molecule has 0 aliphatic rings. The predicted octanol–water partition coefficient (Wildman–Crippen LogP) is 3.09. The summed E-state index contributed by atoms with van der Waals surface area (Å²) in [6.45, 7) is 0.293. The van der Waals surface area contributed by atoms with Crippen molar-refractivity contribution in [3.8, 4) is 0 Å². The quantitative estimate of drug-likeness (QED) is 0.515. The van der Waals surface area contributed by atoms with Crippen LogP contribution in [0.2, 0.25) is 0 Å². The van der Waals surface area contributed by atoms with Crippen molar-refractivity contribution in [3.05, 3.63) is 99.9 Å². The fraction of sp³-hybridized carbons (Fsp3) is 0.136. The molecule has 0 bridgehead atoms. The number of benzene rings is 2. The van der Waals surface area contributed by atoms with Crippen LogP contribution in [0.25, 0.3) is 11.2 Å². The number of hydrogen-bond donors (Lipinski definition) is 1. The Balaban J connectivity index is 1.56. The first kappa shape index (κ1) is 20.4. The lowest BCUT2D eigenvalue weighted by atomic mass is 10.2. The number of rotatable bonds is 6. The number of carbonyl (C=O) groups excluding carboxylic acids is 1. The third kappa shape index (κ3) is 4.20. The smallest absolute Gasteiger partial charge is 0.330 e. The zero-order valence-corrected chi connectivity index (χ0v) is 16.2. The summed E-state index contributed by atoms with van der Waals surface area (Å²) in [5.41, 5.74) is 0.967. The van der Waals surface area contributed by atoms with Gasteiger partial charge in [0.05, 0.1) is 17.6 Å². The van der Waals surface area contributed by atoms with Crippen LogP contribution in [0.15, 0.2) is 65.6 Å². The van der Waals surface area contributed by atoms with E-state index in [-0.39, 0.29) is 31.1 Å². The second kappa shape index (κ2) is 8.47. The molecule has 1 N–H and O–H groups in total. The summed E-state index contributed by atoms with van der Waals surface area (Å²) < 4.78 is 43.1. The Morgan fingerprint density at radius 2 is 1.71 bits per heavy atom. The highest BCUT2D eigenvalue weighted by Crippen LogP contribution is 2.13. The van der Waals surface area contributed by atoms with Crippen LogP contribution < -0.4 is 11.0 Å². The molecule has 2 aromatic heterocycles. The first-order valence-corrected chi connectivity index (χ1v) is 9.46. The lowest BCUT2D eigenvalue weighted by Crippen LogP contribution is -2.32. The van der Waals surface area contributed by atoms with Crippen molar-refractivity contribution in [2.75, 3.05) is 6.54 Å². The highest BCUT2D eigenvalue weighted by Gasteiger charge is 2.16. The van der Waals surface area contributed by atoms with Crippen LogP contribution >= 0.6 is 0 Å². The van der Waals surface area contributed by atoms with Crippen LogP contribution in [-0.4, -0.2) is 26.6 Å². The molecule has 2 heterocycles. The van der Waals surface area contributed by atoms with Gasteiger partial charge in [0.2, 0.25) is 0 Å². The molecular formula is C22H17F3N4O2. The number of carbonyl (C=O) groups is 1. The Hall–Kier alpha value is -3.88. The average molecular weight is 426 g/mol. The molecule has 0 radical (unpaired) electrons. The van der Waals surface area contributed by atoms with Gasteiger partial charge in [0.25, 0.3) is 5.91 Å². The number of amides is 1. The van der Waals surface area contributed by atoms with E-state index in [1.807, 2.05) is 0 Å². The van der Waals surface area contributed by atoms with Crippen molar-refractivity contribution in [2.24, 2.45) is 0 Å². The Morgan fingerprint density at radius 3 is 2.48 bits per heavy atom. The molecule has 0 aliphatic heterocycles. The van der Waals surface area contributed by atoms with E-state index in [9.17, 15) is 22.8 Å². The second-order valence-electron chi connectivity index (χ2n) is 6.87. The van der Waals surface area contributed by atoms with Gasteiger partial charge in [0.15, 0.2) is 5.65 Å². The van der Waals surface area contributed by atoms with Gasteiger partial charge in [0.1, 0.15) is 17.5 Å². The molecule has 0 saturated carbocycles. The van der Waals surface area contributed by atoms with E-state index >= 15 is 0 Å². The van der Waals surface area contributed by atoms with Crippen molar-refractivity contribution in [3.63, 3.8) is 0 Å². The zero-order valence-electron chi connectivity index (χ0n) is 16.2. The minimum atomic E-state index is -0.839. The highest BCUT2D eigenvalue weighted by atomic mass is 19.1. The fourth-order valence-electron chi connectivity index (χ4n) is 3.32. The summed E-state index contributed by atoms with van der Waals surface area (Å²) in [4.78, 5) is 29.4. The van der Waals surface area contributed by atoms with Crippen LogP contribution in [0.4, 0.5) is 13.2 Å². The molecule has 0 spiro atoms. The lowest BCUT2D eigenvalue weighted by Gasteiger charge is -2.07. The molecule has 0 saturated heterocycles. The molecule has 0 fully saturated rings. The zero-order chi connectivity index (χ0) is 22.0. The summed E-state index contributed by atoms with van der Waals surface area (Å²) in [5.74, 6) is -2.72. The minimum Gasteiger partial charge on any atom is -0.350 e. The molecule has 1 amide bonds. The maximum atomic E-state index is 13.8. The molecule has 31 heavy (non-hydrogen) atoms.